The molecule has 5 nitrogen and oxygen atoms in total. The third kappa shape index (κ3) is 3.73. The number of rotatable bonds is 2. The van der Waals surface area contributed by atoms with Gasteiger partial charge in [-0.2, -0.15) is 5.26 Å². The summed E-state index contributed by atoms with van der Waals surface area (Å²) < 4.78 is 4.65. The van der Waals surface area contributed by atoms with Crippen molar-refractivity contribution < 1.29 is 0 Å². The van der Waals surface area contributed by atoms with Crippen molar-refractivity contribution in [1.29, 1.82) is 5.26 Å². The van der Waals surface area contributed by atoms with Crippen LogP contribution in [0, 0.1) is 11.3 Å². The van der Waals surface area contributed by atoms with E-state index in [9.17, 15) is 5.26 Å². The van der Waals surface area contributed by atoms with E-state index in [0.29, 0.717) is 5.56 Å². The summed E-state index contributed by atoms with van der Waals surface area (Å²) in [6.07, 6.45) is 4.01. The summed E-state index contributed by atoms with van der Waals surface area (Å²) in [5.74, 6) is 0. The van der Waals surface area contributed by atoms with Crippen molar-refractivity contribution in [1.82, 2.24) is 19.1 Å². The minimum absolute atomic E-state index is 0.643. The molecular formula is C48H27N5S. The van der Waals surface area contributed by atoms with Gasteiger partial charge in [-0.25, -0.2) is 0 Å². The molecule has 0 atom stereocenters. The molecule has 1 spiro atoms. The van der Waals surface area contributed by atoms with Gasteiger partial charge in [0.1, 0.15) is 0 Å². The van der Waals surface area contributed by atoms with Gasteiger partial charge in [0.15, 0.2) is 0 Å². The Balaban J connectivity index is 1.20. The maximum atomic E-state index is 9.79. The molecule has 0 amide bonds. The average Bonchev–Trinajstić information content (AvgIpc) is 3.84. The van der Waals surface area contributed by atoms with Crippen LogP contribution in [-0.2, 0) is 5.41 Å². The van der Waals surface area contributed by atoms with Crippen molar-refractivity contribution in [3.05, 3.63) is 192 Å². The highest BCUT2D eigenvalue weighted by Crippen LogP contribution is 2.62. The molecule has 10 aromatic rings. The lowest BCUT2D eigenvalue weighted by molar-refractivity contribution is 0.718. The van der Waals surface area contributed by atoms with Gasteiger partial charge in [0.2, 0.25) is 0 Å². The van der Waals surface area contributed by atoms with Crippen LogP contribution in [0.15, 0.2) is 174 Å². The number of aromatic nitrogens is 4. The number of hydrogen-bond donors (Lipinski definition) is 0. The summed E-state index contributed by atoms with van der Waals surface area (Å²) in [7, 11) is 0. The summed E-state index contributed by atoms with van der Waals surface area (Å²) in [6.45, 7) is 0. The Morgan fingerprint density at radius 1 is 0.463 bits per heavy atom. The number of nitrogens with zero attached hydrogens (tertiary/aromatic N) is 5. The molecule has 54 heavy (non-hydrogen) atoms. The van der Waals surface area contributed by atoms with E-state index in [1.165, 1.54) is 31.7 Å². The average molecular weight is 706 g/mol. The fourth-order valence-corrected chi connectivity index (χ4v) is 10.5. The Morgan fingerprint density at radius 2 is 0.907 bits per heavy atom. The second kappa shape index (κ2) is 10.8. The van der Waals surface area contributed by atoms with E-state index >= 15 is 0 Å². The van der Waals surface area contributed by atoms with Gasteiger partial charge in [-0.05, 0) is 71.8 Å². The molecular weight excluding hydrogens is 679 g/mol. The normalized spacial score (nSPS) is 13.6. The van der Waals surface area contributed by atoms with Crippen LogP contribution in [0.3, 0.4) is 0 Å². The van der Waals surface area contributed by atoms with E-state index in [1.807, 2.05) is 36.3 Å². The van der Waals surface area contributed by atoms with Crippen LogP contribution >= 0.6 is 11.8 Å². The molecule has 6 aromatic carbocycles. The van der Waals surface area contributed by atoms with Crippen molar-refractivity contribution in [3.8, 4) is 28.8 Å². The Labute approximate surface area is 314 Å². The van der Waals surface area contributed by atoms with Crippen LogP contribution in [0.4, 0.5) is 0 Å². The number of fused-ring (bicyclic) bond motifs is 15. The van der Waals surface area contributed by atoms with Crippen LogP contribution < -0.4 is 0 Å². The SMILES string of the molecule is N#Cc1ccc2c(c1)c1ccccc1n2-c1cnc2c(c1)C1(c3ccccc3Sc3ccccc31)c1cc(-n3c4ccccc4c4ccccc43)cnc1-2. The highest BCUT2D eigenvalue weighted by atomic mass is 32.2. The lowest BCUT2D eigenvalue weighted by Crippen LogP contribution is -2.32. The number of pyridine rings is 2. The van der Waals surface area contributed by atoms with Gasteiger partial charge in [-0.1, -0.05) is 103 Å². The smallest absolute Gasteiger partial charge is 0.0991 e. The lowest BCUT2D eigenvalue weighted by atomic mass is 9.67. The predicted octanol–water partition coefficient (Wildman–Crippen LogP) is 11.4. The van der Waals surface area contributed by atoms with Crippen molar-refractivity contribution in [2.75, 3.05) is 0 Å². The van der Waals surface area contributed by atoms with E-state index in [1.54, 1.807) is 0 Å². The summed E-state index contributed by atoms with van der Waals surface area (Å²) in [6, 6.07) is 56.4. The quantitative estimate of drug-likeness (QED) is 0.180. The van der Waals surface area contributed by atoms with Crippen molar-refractivity contribution in [2.24, 2.45) is 0 Å². The first-order valence-electron chi connectivity index (χ1n) is 18.0. The molecule has 6 heteroatoms. The monoisotopic (exact) mass is 705 g/mol. The largest absolute Gasteiger partial charge is 0.308 e. The molecule has 0 unspecified atom stereocenters. The Bertz CT molecular complexity index is 3190. The van der Waals surface area contributed by atoms with Gasteiger partial charge < -0.3 is 9.13 Å². The van der Waals surface area contributed by atoms with E-state index in [2.05, 4.69) is 155 Å². The van der Waals surface area contributed by atoms with Crippen LogP contribution in [-0.4, -0.2) is 19.1 Å². The highest BCUT2D eigenvalue weighted by molar-refractivity contribution is 7.99. The number of para-hydroxylation sites is 3. The standard InChI is InChI=1S/C48H27N5S/c49-26-29-21-22-43-35(23-29)34-13-3-8-18-42(34)53(43)31-25-39-47(51-28-31)46-38(48(39)36-14-4-9-19-44(36)54-45-20-10-5-15-37(45)48)24-30(27-50-46)52-40-16-6-1-11-32(40)33-12-2-7-17-41(33)52/h1-25,27-28H. The molecule has 0 saturated heterocycles. The summed E-state index contributed by atoms with van der Waals surface area (Å²) in [5.41, 5.74) is 12.8. The molecule has 0 bridgehead atoms. The Hall–Kier alpha value is -6.94. The molecule has 1 aliphatic heterocycles. The maximum absolute atomic E-state index is 9.79. The predicted molar refractivity (Wildman–Crippen MR) is 217 cm³/mol. The minimum atomic E-state index is -0.680. The zero-order valence-corrected chi connectivity index (χ0v) is 29.5. The molecule has 5 heterocycles. The van der Waals surface area contributed by atoms with Gasteiger partial charge in [0, 0.05) is 42.5 Å². The fourth-order valence-electron chi connectivity index (χ4n) is 9.34. The number of benzene rings is 6. The van der Waals surface area contributed by atoms with E-state index in [-0.39, 0.29) is 0 Å². The Kier molecular flexibility index (Phi) is 5.92. The summed E-state index contributed by atoms with van der Waals surface area (Å²) >= 11 is 1.83. The first-order valence-corrected chi connectivity index (χ1v) is 18.9. The molecule has 0 fully saturated rings. The van der Waals surface area contributed by atoms with Crippen molar-refractivity contribution in [2.45, 2.75) is 15.2 Å². The summed E-state index contributed by atoms with van der Waals surface area (Å²) in [5, 5.41) is 14.4. The lowest BCUT2D eigenvalue weighted by Gasteiger charge is -2.39. The molecule has 4 aromatic heterocycles. The van der Waals surface area contributed by atoms with Crippen molar-refractivity contribution >= 4 is 55.4 Å². The van der Waals surface area contributed by atoms with Crippen LogP contribution in [0.2, 0.25) is 0 Å². The first kappa shape index (κ1) is 29.6. The van der Waals surface area contributed by atoms with E-state index < -0.39 is 5.41 Å². The van der Waals surface area contributed by atoms with E-state index in [0.717, 1.165) is 66.7 Å². The Morgan fingerprint density at radius 3 is 1.43 bits per heavy atom. The number of nitriles is 1. The maximum Gasteiger partial charge on any atom is 0.0991 e. The van der Waals surface area contributed by atoms with Crippen LogP contribution in [0.1, 0.15) is 27.8 Å². The van der Waals surface area contributed by atoms with Gasteiger partial charge in [-0.3, -0.25) is 9.97 Å². The molecule has 0 N–H and O–H groups in total. The van der Waals surface area contributed by atoms with Crippen LogP contribution in [0.25, 0.3) is 66.4 Å². The van der Waals surface area contributed by atoms with Crippen molar-refractivity contribution in [3.63, 3.8) is 0 Å². The number of hydrogen-bond acceptors (Lipinski definition) is 4. The molecule has 0 radical (unpaired) electrons. The topological polar surface area (TPSA) is 59.4 Å². The zero-order chi connectivity index (χ0) is 35.5. The van der Waals surface area contributed by atoms with Gasteiger partial charge in [-0.15, -0.1) is 0 Å². The summed E-state index contributed by atoms with van der Waals surface area (Å²) in [4.78, 5) is 13.1. The van der Waals surface area contributed by atoms with Gasteiger partial charge >= 0.3 is 0 Å². The highest BCUT2D eigenvalue weighted by Gasteiger charge is 2.52. The van der Waals surface area contributed by atoms with Gasteiger partial charge in [0.05, 0.1) is 74.3 Å². The third-order valence-electron chi connectivity index (χ3n) is 11.5. The first-order chi connectivity index (χ1) is 26.7. The third-order valence-corrected chi connectivity index (χ3v) is 12.6. The van der Waals surface area contributed by atoms with E-state index in [4.69, 9.17) is 9.97 Å². The molecule has 0 saturated carbocycles. The van der Waals surface area contributed by atoms with Crippen LogP contribution in [0.5, 0.6) is 0 Å². The molecule has 1 aliphatic carbocycles. The fraction of sp³-hybridized carbons (Fsp3) is 0.0208. The van der Waals surface area contributed by atoms with Gasteiger partial charge in [0.25, 0.3) is 0 Å². The molecule has 2 aliphatic rings. The second-order valence-corrected chi connectivity index (χ2v) is 15.2. The second-order valence-electron chi connectivity index (χ2n) is 14.1. The molecule has 12 rings (SSSR count). The minimum Gasteiger partial charge on any atom is -0.308 e. The zero-order valence-electron chi connectivity index (χ0n) is 28.7. The molecule has 250 valence electrons.